The van der Waals surface area contributed by atoms with Gasteiger partial charge < -0.3 is 10.2 Å². The summed E-state index contributed by atoms with van der Waals surface area (Å²) in [4.78, 5) is 27.4. The minimum absolute atomic E-state index is 0.0771. The number of carbonyl (C=O) groups is 2. The van der Waals surface area contributed by atoms with Gasteiger partial charge in [-0.05, 0) is 50.5 Å². The minimum Gasteiger partial charge on any atom is -0.353 e. The molecule has 0 radical (unpaired) electrons. The van der Waals surface area contributed by atoms with Crippen LogP contribution in [0.5, 0.6) is 0 Å². The summed E-state index contributed by atoms with van der Waals surface area (Å²) in [6.07, 6.45) is 7.60. The van der Waals surface area contributed by atoms with Gasteiger partial charge in [0.2, 0.25) is 11.8 Å². The summed E-state index contributed by atoms with van der Waals surface area (Å²) in [6, 6.07) is 10.6. The summed E-state index contributed by atoms with van der Waals surface area (Å²) in [7, 11) is 0. The van der Waals surface area contributed by atoms with Crippen molar-refractivity contribution in [3.63, 3.8) is 0 Å². The minimum atomic E-state index is -0.0771. The van der Waals surface area contributed by atoms with Crippen LogP contribution in [0.1, 0.15) is 78.2 Å². The SMILES string of the molecule is CCC(C)CCCC(=O)N1CCC[C@H]1C[C@@H](C)C(=O)N[C@H](C)Cc1ccccc1. The molecule has 1 aromatic carbocycles. The summed E-state index contributed by atoms with van der Waals surface area (Å²) >= 11 is 0. The van der Waals surface area contributed by atoms with Gasteiger partial charge >= 0.3 is 0 Å². The molecule has 0 aromatic heterocycles. The molecule has 2 amide bonds. The third-order valence-corrected chi connectivity index (χ3v) is 6.33. The predicted molar refractivity (Wildman–Crippen MR) is 120 cm³/mol. The first-order valence-electron chi connectivity index (χ1n) is 11.5. The Morgan fingerprint density at radius 2 is 1.90 bits per heavy atom. The first kappa shape index (κ1) is 23.4. The fourth-order valence-corrected chi connectivity index (χ4v) is 4.28. The summed E-state index contributed by atoms with van der Waals surface area (Å²) in [5.74, 6) is 0.996. The lowest BCUT2D eigenvalue weighted by Crippen LogP contribution is -2.41. The summed E-state index contributed by atoms with van der Waals surface area (Å²) < 4.78 is 0. The molecule has 1 fully saturated rings. The zero-order chi connectivity index (χ0) is 21.2. The maximum absolute atomic E-state index is 12.7. The topological polar surface area (TPSA) is 49.4 Å². The lowest BCUT2D eigenvalue weighted by molar-refractivity contribution is -0.133. The van der Waals surface area contributed by atoms with E-state index >= 15 is 0 Å². The third-order valence-electron chi connectivity index (χ3n) is 6.33. The highest BCUT2D eigenvalue weighted by Crippen LogP contribution is 2.25. The summed E-state index contributed by atoms with van der Waals surface area (Å²) in [5, 5.41) is 3.16. The van der Waals surface area contributed by atoms with Crippen LogP contribution in [0.3, 0.4) is 0 Å². The van der Waals surface area contributed by atoms with E-state index < -0.39 is 0 Å². The molecular weight excluding hydrogens is 360 g/mol. The summed E-state index contributed by atoms with van der Waals surface area (Å²) in [5.41, 5.74) is 1.23. The largest absolute Gasteiger partial charge is 0.353 e. The highest BCUT2D eigenvalue weighted by Gasteiger charge is 2.31. The fraction of sp³-hybridized carbons (Fsp3) is 0.680. The van der Waals surface area contributed by atoms with Crippen molar-refractivity contribution in [2.24, 2.45) is 11.8 Å². The molecule has 4 nitrogen and oxygen atoms in total. The van der Waals surface area contributed by atoms with Crippen molar-refractivity contribution < 1.29 is 9.59 Å². The van der Waals surface area contributed by atoms with Crippen molar-refractivity contribution in [2.75, 3.05) is 6.54 Å². The molecule has 1 aliphatic rings. The van der Waals surface area contributed by atoms with Crippen LogP contribution in [-0.4, -0.2) is 35.3 Å². The Bertz CT molecular complexity index is 631. The second-order valence-electron chi connectivity index (χ2n) is 9.02. The molecule has 4 atom stereocenters. The van der Waals surface area contributed by atoms with Gasteiger partial charge in [0.15, 0.2) is 0 Å². The van der Waals surface area contributed by atoms with E-state index in [1.807, 2.05) is 30.0 Å². The third kappa shape index (κ3) is 7.83. The molecule has 29 heavy (non-hydrogen) atoms. The van der Waals surface area contributed by atoms with Gasteiger partial charge in [0.05, 0.1) is 0 Å². The van der Waals surface area contributed by atoms with Crippen LogP contribution in [0.15, 0.2) is 30.3 Å². The van der Waals surface area contributed by atoms with Crippen LogP contribution in [0.25, 0.3) is 0 Å². The van der Waals surface area contributed by atoms with Gasteiger partial charge in [0.1, 0.15) is 0 Å². The number of benzene rings is 1. The lowest BCUT2D eigenvalue weighted by atomic mass is 9.97. The average Bonchev–Trinajstić information content (AvgIpc) is 3.16. The zero-order valence-electron chi connectivity index (χ0n) is 18.8. The molecule has 1 N–H and O–H groups in total. The second-order valence-corrected chi connectivity index (χ2v) is 9.02. The molecular formula is C25H40N2O2. The van der Waals surface area contributed by atoms with E-state index in [-0.39, 0.29) is 29.8 Å². The van der Waals surface area contributed by atoms with Gasteiger partial charge in [-0.3, -0.25) is 9.59 Å². The van der Waals surface area contributed by atoms with Gasteiger partial charge in [-0.2, -0.15) is 0 Å². The number of likely N-dealkylation sites (tertiary alicyclic amines) is 1. The first-order chi connectivity index (χ1) is 13.9. The Labute approximate surface area is 177 Å². The van der Waals surface area contributed by atoms with E-state index in [0.717, 1.165) is 45.1 Å². The predicted octanol–water partition coefficient (Wildman–Crippen LogP) is 4.97. The van der Waals surface area contributed by atoms with Crippen LogP contribution >= 0.6 is 0 Å². The molecule has 1 aromatic rings. The van der Waals surface area contributed by atoms with E-state index in [1.54, 1.807) is 0 Å². The van der Waals surface area contributed by atoms with Crippen molar-refractivity contribution in [1.29, 1.82) is 0 Å². The molecule has 1 heterocycles. The Hall–Kier alpha value is -1.84. The summed E-state index contributed by atoms with van der Waals surface area (Å²) in [6.45, 7) is 9.36. The quantitative estimate of drug-likeness (QED) is 0.570. The van der Waals surface area contributed by atoms with E-state index in [2.05, 4.69) is 38.2 Å². The molecule has 1 saturated heterocycles. The number of rotatable bonds is 11. The van der Waals surface area contributed by atoms with Crippen molar-refractivity contribution in [3.8, 4) is 0 Å². The van der Waals surface area contributed by atoms with Gasteiger partial charge in [-0.15, -0.1) is 0 Å². The van der Waals surface area contributed by atoms with Crippen LogP contribution in [0.4, 0.5) is 0 Å². The van der Waals surface area contributed by atoms with E-state index in [9.17, 15) is 9.59 Å². The molecule has 0 saturated carbocycles. The first-order valence-corrected chi connectivity index (χ1v) is 11.5. The molecule has 0 bridgehead atoms. The number of hydrogen-bond acceptors (Lipinski definition) is 2. The Morgan fingerprint density at radius 1 is 1.17 bits per heavy atom. The van der Waals surface area contributed by atoms with Crippen molar-refractivity contribution in [3.05, 3.63) is 35.9 Å². The number of hydrogen-bond donors (Lipinski definition) is 1. The van der Waals surface area contributed by atoms with Gasteiger partial charge in [-0.1, -0.05) is 63.9 Å². The molecule has 162 valence electrons. The van der Waals surface area contributed by atoms with E-state index in [0.29, 0.717) is 12.3 Å². The Morgan fingerprint density at radius 3 is 2.59 bits per heavy atom. The number of carbonyl (C=O) groups excluding carboxylic acids is 2. The van der Waals surface area contributed by atoms with Crippen LogP contribution in [0.2, 0.25) is 0 Å². The molecule has 2 rings (SSSR count). The van der Waals surface area contributed by atoms with Crippen LogP contribution in [-0.2, 0) is 16.0 Å². The normalized spacial score (nSPS) is 19.6. The molecule has 1 unspecified atom stereocenters. The lowest BCUT2D eigenvalue weighted by Gasteiger charge is -2.27. The van der Waals surface area contributed by atoms with Crippen LogP contribution in [0, 0.1) is 11.8 Å². The maximum Gasteiger partial charge on any atom is 0.223 e. The maximum atomic E-state index is 12.7. The van der Waals surface area contributed by atoms with Crippen molar-refractivity contribution >= 4 is 11.8 Å². The van der Waals surface area contributed by atoms with Gasteiger partial charge in [-0.25, -0.2) is 0 Å². The van der Waals surface area contributed by atoms with E-state index in [1.165, 1.54) is 12.0 Å². The number of amides is 2. The standard InChI is InChI=1S/C25H40N2O2/c1-5-19(2)11-9-15-24(28)27-16-10-14-23(27)17-20(3)25(29)26-21(4)18-22-12-7-6-8-13-22/h6-8,12-13,19-21,23H,5,9-11,14-18H2,1-4H3,(H,26,29)/t19?,20-,21-,23+/m1/s1. The van der Waals surface area contributed by atoms with Crippen molar-refractivity contribution in [1.82, 2.24) is 10.2 Å². The van der Waals surface area contributed by atoms with Gasteiger partial charge in [0, 0.05) is 31.0 Å². The Balaban J connectivity index is 1.77. The fourth-order valence-electron chi connectivity index (χ4n) is 4.28. The highest BCUT2D eigenvalue weighted by atomic mass is 16.2. The zero-order valence-corrected chi connectivity index (χ0v) is 18.8. The van der Waals surface area contributed by atoms with E-state index in [4.69, 9.17) is 0 Å². The smallest absolute Gasteiger partial charge is 0.223 e. The Kier molecular flexibility index (Phi) is 9.69. The van der Waals surface area contributed by atoms with Crippen molar-refractivity contribution in [2.45, 2.75) is 91.1 Å². The molecule has 0 aliphatic carbocycles. The monoisotopic (exact) mass is 400 g/mol. The number of nitrogens with one attached hydrogen (secondary N) is 1. The number of nitrogens with zero attached hydrogens (tertiary/aromatic N) is 1. The molecule has 1 aliphatic heterocycles. The van der Waals surface area contributed by atoms with Gasteiger partial charge in [0.25, 0.3) is 0 Å². The molecule has 0 spiro atoms. The highest BCUT2D eigenvalue weighted by molar-refractivity contribution is 5.79. The van der Waals surface area contributed by atoms with Crippen LogP contribution < -0.4 is 5.32 Å². The average molecular weight is 401 g/mol. The molecule has 4 heteroatoms. The second kappa shape index (κ2) is 12.0.